The third kappa shape index (κ3) is 2.99. The highest BCUT2D eigenvalue weighted by Crippen LogP contribution is 2.33. The van der Waals surface area contributed by atoms with Crippen molar-refractivity contribution in [2.45, 2.75) is 32.7 Å². The minimum Gasteiger partial charge on any atom is -0.338 e. The van der Waals surface area contributed by atoms with Gasteiger partial charge in [0.1, 0.15) is 10.9 Å². The first-order valence-electron chi connectivity index (χ1n) is 7.59. The van der Waals surface area contributed by atoms with Crippen molar-refractivity contribution in [1.29, 1.82) is 0 Å². The second kappa shape index (κ2) is 6.73. The third-order valence-corrected chi connectivity index (χ3v) is 5.53. The number of thiophene rings is 2. The second-order valence-corrected chi connectivity index (χ2v) is 7.23. The molecule has 0 radical (unpaired) electrons. The van der Waals surface area contributed by atoms with Gasteiger partial charge in [0.15, 0.2) is 5.82 Å². The van der Waals surface area contributed by atoms with E-state index in [2.05, 4.69) is 29.1 Å². The summed E-state index contributed by atoms with van der Waals surface area (Å²) in [5, 5.41) is 7.02. The van der Waals surface area contributed by atoms with E-state index in [1.807, 2.05) is 22.9 Å². The molecule has 0 amide bonds. The predicted octanol–water partition coefficient (Wildman–Crippen LogP) is 3.14. The molecule has 0 aliphatic carbocycles. The van der Waals surface area contributed by atoms with Gasteiger partial charge in [-0.2, -0.15) is 0 Å². The quantitative estimate of drug-likeness (QED) is 0.680. The van der Waals surface area contributed by atoms with Crippen LogP contribution in [0.15, 0.2) is 27.7 Å². The van der Waals surface area contributed by atoms with Crippen LogP contribution in [0.4, 0.5) is 0 Å². The van der Waals surface area contributed by atoms with E-state index in [-0.39, 0.29) is 11.6 Å². The van der Waals surface area contributed by atoms with E-state index in [0.717, 1.165) is 33.0 Å². The molecule has 0 bridgehead atoms. The SMILES string of the molecule is CCCC[NH2+][C@H](C)c1nc2scc(-c3cccs3)c2c(=O)[nH]1. The molecule has 6 heteroatoms. The Morgan fingerprint density at radius 3 is 3.00 bits per heavy atom. The summed E-state index contributed by atoms with van der Waals surface area (Å²) >= 11 is 3.20. The number of aromatic nitrogens is 2. The highest BCUT2D eigenvalue weighted by molar-refractivity contribution is 7.18. The summed E-state index contributed by atoms with van der Waals surface area (Å²) in [6, 6.07) is 4.22. The number of nitrogens with zero attached hydrogens (tertiary/aromatic N) is 1. The van der Waals surface area contributed by atoms with E-state index in [4.69, 9.17) is 0 Å². The number of H-pyrrole nitrogens is 1. The molecule has 3 rings (SSSR count). The highest BCUT2D eigenvalue weighted by atomic mass is 32.1. The fraction of sp³-hybridized carbons (Fsp3) is 0.375. The topological polar surface area (TPSA) is 62.4 Å². The minimum atomic E-state index is -0.0274. The highest BCUT2D eigenvalue weighted by Gasteiger charge is 2.17. The lowest BCUT2D eigenvalue weighted by atomic mass is 10.2. The zero-order valence-electron chi connectivity index (χ0n) is 12.8. The van der Waals surface area contributed by atoms with Gasteiger partial charge in [-0.25, -0.2) is 4.98 Å². The molecule has 0 aliphatic rings. The summed E-state index contributed by atoms with van der Waals surface area (Å²) in [6.07, 6.45) is 2.36. The average Bonchev–Trinajstić information content (AvgIpc) is 3.16. The van der Waals surface area contributed by atoms with Crippen LogP contribution < -0.4 is 10.9 Å². The van der Waals surface area contributed by atoms with Gasteiger partial charge in [0.2, 0.25) is 0 Å². The lowest BCUT2D eigenvalue weighted by molar-refractivity contribution is -0.694. The Bertz CT molecular complexity index is 805. The Kier molecular flexibility index (Phi) is 4.71. The fourth-order valence-electron chi connectivity index (χ4n) is 2.48. The van der Waals surface area contributed by atoms with E-state index in [9.17, 15) is 4.79 Å². The van der Waals surface area contributed by atoms with Gasteiger partial charge in [-0.05, 0) is 24.8 Å². The Labute approximate surface area is 137 Å². The summed E-state index contributed by atoms with van der Waals surface area (Å²) in [7, 11) is 0. The molecule has 1 atom stereocenters. The number of aromatic amines is 1. The van der Waals surface area contributed by atoms with Crippen molar-refractivity contribution in [3.05, 3.63) is 39.1 Å². The number of fused-ring (bicyclic) bond motifs is 1. The molecule has 0 fully saturated rings. The first-order valence-corrected chi connectivity index (χ1v) is 9.35. The van der Waals surface area contributed by atoms with Crippen LogP contribution in [0.25, 0.3) is 20.7 Å². The van der Waals surface area contributed by atoms with Crippen LogP contribution >= 0.6 is 22.7 Å². The van der Waals surface area contributed by atoms with Crippen molar-refractivity contribution < 1.29 is 5.32 Å². The zero-order chi connectivity index (χ0) is 15.5. The molecule has 0 saturated carbocycles. The van der Waals surface area contributed by atoms with Crippen LogP contribution in [0, 0.1) is 0 Å². The lowest BCUT2D eigenvalue weighted by Gasteiger charge is -2.09. The molecule has 3 aromatic heterocycles. The van der Waals surface area contributed by atoms with Crippen LogP contribution in [0.1, 0.15) is 38.6 Å². The molecule has 0 aliphatic heterocycles. The van der Waals surface area contributed by atoms with Crippen molar-refractivity contribution in [1.82, 2.24) is 9.97 Å². The molecular formula is C16H20N3OS2+. The maximum Gasteiger partial charge on any atom is 0.260 e. The summed E-state index contributed by atoms with van der Waals surface area (Å²) in [5.41, 5.74) is 0.971. The molecule has 3 aromatic rings. The Morgan fingerprint density at radius 2 is 2.27 bits per heavy atom. The maximum atomic E-state index is 12.5. The molecule has 0 saturated heterocycles. The molecule has 0 unspecified atom stereocenters. The van der Waals surface area contributed by atoms with Crippen molar-refractivity contribution in [3.8, 4) is 10.4 Å². The van der Waals surface area contributed by atoms with Gasteiger partial charge in [0, 0.05) is 15.8 Å². The van der Waals surface area contributed by atoms with Gasteiger partial charge in [0.05, 0.1) is 11.9 Å². The van der Waals surface area contributed by atoms with Crippen LogP contribution in [-0.2, 0) is 0 Å². The second-order valence-electron chi connectivity index (χ2n) is 5.42. The molecule has 3 N–H and O–H groups in total. The normalized spacial score (nSPS) is 12.8. The number of hydrogen-bond donors (Lipinski definition) is 2. The molecule has 4 nitrogen and oxygen atoms in total. The fourth-order valence-corrected chi connectivity index (χ4v) is 4.25. The van der Waals surface area contributed by atoms with Crippen LogP contribution in [0.5, 0.6) is 0 Å². The molecule has 116 valence electrons. The molecule has 22 heavy (non-hydrogen) atoms. The first-order chi connectivity index (χ1) is 10.7. The number of nitrogens with two attached hydrogens (primary N) is 1. The van der Waals surface area contributed by atoms with E-state index < -0.39 is 0 Å². The van der Waals surface area contributed by atoms with Gasteiger partial charge in [-0.3, -0.25) is 4.79 Å². The molecular weight excluding hydrogens is 314 g/mol. The van der Waals surface area contributed by atoms with Gasteiger partial charge in [-0.15, -0.1) is 22.7 Å². The monoisotopic (exact) mass is 334 g/mol. The zero-order valence-corrected chi connectivity index (χ0v) is 14.4. The number of nitrogens with one attached hydrogen (secondary N) is 1. The number of rotatable bonds is 6. The smallest absolute Gasteiger partial charge is 0.260 e. The van der Waals surface area contributed by atoms with Gasteiger partial charge in [-0.1, -0.05) is 19.4 Å². The van der Waals surface area contributed by atoms with Crippen molar-refractivity contribution in [2.24, 2.45) is 0 Å². The predicted molar refractivity (Wildman–Crippen MR) is 93.7 cm³/mol. The van der Waals surface area contributed by atoms with Crippen molar-refractivity contribution in [2.75, 3.05) is 6.54 Å². The van der Waals surface area contributed by atoms with Crippen molar-refractivity contribution >= 4 is 32.9 Å². The number of hydrogen-bond acceptors (Lipinski definition) is 4. The first kappa shape index (κ1) is 15.4. The lowest BCUT2D eigenvalue weighted by Crippen LogP contribution is -2.84. The molecule has 0 aromatic carbocycles. The van der Waals surface area contributed by atoms with Crippen LogP contribution in [0.3, 0.4) is 0 Å². The van der Waals surface area contributed by atoms with Gasteiger partial charge >= 0.3 is 0 Å². The average molecular weight is 334 g/mol. The third-order valence-electron chi connectivity index (χ3n) is 3.76. The Balaban J connectivity index is 1.95. The standard InChI is InChI=1S/C16H19N3OS2/c1-3-4-7-17-10(2)14-18-15(20)13-11(9-22-16(13)19-14)12-6-5-8-21-12/h5-6,8-10,17H,3-4,7H2,1-2H3,(H,18,19,20)/p+1/t10-/m1/s1. The Hall–Kier alpha value is -1.50. The van der Waals surface area contributed by atoms with E-state index >= 15 is 0 Å². The largest absolute Gasteiger partial charge is 0.338 e. The summed E-state index contributed by atoms with van der Waals surface area (Å²) in [4.78, 5) is 22.1. The summed E-state index contributed by atoms with van der Waals surface area (Å²) in [6.45, 7) is 5.33. The minimum absolute atomic E-state index is 0.0274. The Morgan fingerprint density at radius 1 is 1.41 bits per heavy atom. The van der Waals surface area contributed by atoms with Gasteiger partial charge < -0.3 is 10.3 Å². The maximum absolute atomic E-state index is 12.5. The number of unbranched alkanes of at least 4 members (excludes halogenated alkanes) is 1. The van der Waals surface area contributed by atoms with E-state index in [1.165, 1.54) is 12.8 Å². The summed E-state index contributed by atoms with van der Waals surface area (Å²) in [5.74, 6) is 0.771. The van der Waals surface area contributed by atoms with E-state index in [1.54, 1.807) is 22.7 Å². The summed E-state index contributed by atoms with van der Waals surface area (Å²) < 4.78 is 0. The van der Waals surface area contributed by atoms with Crippen molar-refractivity contribution in [3.63, 3.8) is 0 Å². The molecule has 3 heterocycles. The van der Waals surface area contributed by atoms with Gasteiger partial charge in [0.25, 0.3) is 5.56 Å². The van der Waals surface area contributed by atoms with Crippen LogP contribution in [-0.4, -0.2) is 16.5 Å². The number of quaternary nitrogens is 1. The van der Waals surface area contributed by atoms with Crippen LogP contribution in [0.2, 0.25) is 0 Å². The van der Waals surface area contributed by atoms with E-state index in [0.29, 0.717) is 0 Å². The molecule has 0 spiro atoms.